The molecule has 0 saturated heterocycles. The van der Waals surface area contributed by atoms with E-state index in [4.69, 9.17) is 0 Å². The Labute approximate surface area is 205 Å². The molecule has 33 heavy (non-hydrogen) atoms. The number of thiophene rings is 2. The van der Waals surface area contributed by atoms with Crippen LogP contribution in [0.5, 0.6) is 0 Å². The fourth-order valence-corrected chi connectivity index (χ4v) is 6.63. The normalized spacial score (nSPS) is 19.0. The Morgan fingerprint density at radius 2 is 1.73 bits per heavy atom. The van der Waals surface area contributed by atoms with Crippen molar-refractivity contribution in [1.29, 1.82) is 0 Å². The molecule has 0 aliphatic heterocycles. The molecule has 1 fully saturated rings. The van der Waals surface area contributed by atoms with E-state index in [1.807, 2.05) is 20.0 Å². The van der Waals surface area contributed by atoms with Crippen molar-refractivity contribution < 1.29 is 4.79 Å². The van der Waals surface area contributed by atoms with E-state index >= 15 is 0 Å². The number of likely N-dealkylation sites (N-methyl/N-ethyl adjacent to an activating group) is 1. The Bertz CT molecular complexity index is 1100. The van der Waals surface area contributed by atoms with Crippen LogP contribution in [0.4, 0.5) is 0 Å². The van der Waals surface area contributed by atoms with Crippen LogP contribution in [0.2, 0.25) is 0 Å². The van der Waals surface area contributed by atoms with Gasteiger partial charge >= 0.3 is 0 Å². The monoisotopic (exact) mass is 476 g/mol. The highest BCUT2D eigenvalue weighted by molar-refractivity contribution is 7.23. The van der Waals surface area contributed by atoms with E-state index in [2.05, 4.69) is 71.0 Å². The van der Waals surface area contributed by atoms with Crippen LogP contribution in [0.25, 0.3) is 9.75 Å². The summed E-state index contributed by atoms with van der Waals surface area (Å²) < 4.78 is 0. The van der Waals surface area contributed by atoms with Crippen molar-refractivity contribution in [3.63, 3.8) is 0 Å². The molecule has 1 aliphatic carbocycles. The van der Waals surface area contributed by atoms with Gasteiger partial charge in [-0.1, -0.05) is 36.3 Å². The third kappa shape index (κ3) is 6.22. The smallest absolute Gasteiger partial charge is 0.175 e. The van der Waals surface area contributed by atoms with Crippen molar-refractivity contribution in [3.8, 4) is 21.6 Å². The third-order valence-electron chi connectivity index (χ3n) is 6.43. The average molecular weight is 477 g/mol. The first kappa shape index (κ1) is 23.9. The number of nitrogens with one attached hydrogen (secondary N) is 2. The summed E-state index contributed by atoms with van der Waals surface area (Å²) in [6.07, 6.45) is 4.23. The van der Waals surface area contributed by atoms with Crippen molar-refractivity contribution in [1.82, 2.24) is 10.6 Å². The van der Waals surface area contributed by atoms with Crippen LogP contribution < -0.4 is 10.6 Å². The molecule has 1 unspecified atom stereocenters. The summed E-state index contributed by atoms with van der Waals surface area (Å²) in [7, 11) is 2.00. The molecule has 0 bridgehead atoms. The number of carbonyl (C=O) groups excluding carboxylic acids is 1. The number of ketones is 1. The molecule has 1 aromatic carbocycles. The second-order valence-corrected chi connectivity index (χ2v) is 10.9. The SMILES string of the molecule is CC#Cc1ccc(-c2ccc(C(=O)C3CCC(CNC(CNC)c4ccccc4)CC3)s2)s1. The van der Waals surface area contributed by atoms with E-state index < -0.39 is 0 Å². The lowest BCUT2D eigenvalue weighted by atomic mass is 9.79. The molecule has 4 rings (SSSR count). The third-order valence-corrected chi connectivity index (χ3v) is 8.72. The summed E-state index contributed by atoms with van der Waals surface area (Å²) in [5, 5.41) is 7.06. The molecule has 3 aromatic rings. The van der Waals surface area contributed by atoms with Crippen LogP contribution in [-0.4, -0.2) is 25.9 Å². The average Bonchev–Trinajstić information content (AvgIpc) is 3.52. The van der Waals surface area contributed by atoms with E-state index in [-0.39, 0.29) is 5.92 Å². The minimum atomic E-state index is 0.167. The number of hydrogen-bond acceptors (Lipinski definition) is 5. The molecule has 3 nitrogen and oxygen atoms in total. The zero-order valence-electron chi connectivity index (χ0n) is 19.4. The fourth-order valence-electron chi connectivity index (χ4n) is 4.60. The van der Waals surface area contributed by atoms with Gasteiger partial charge in [-0.15, -0.1) is 28.6 Å². The highest BCUT2D eigenvalue weighted by Gasteiger charge is 2.28. The zero-order valence-corrected chi connectivity index (χ0v) is 21.0. The second-order valence-electron chi connectivity index (χ2n) is 8.71. The first-order valence-corrected chi connectivity index (χ1v) is 13.4. The Balaban J connectivity index is 1.29. The topological polar surface area (TPSA) is 41.1 Å². The van der Waals surface area contributed by atoms with Gasteiger partial charge in [-0.25, -0.2) is 0 Å². The lowest BCUT2D eigenvalue weighted by Gasteiger charge is -2.29. The largest absolute Gasteiger partial charge is 0.318 e. The predicted molar refractivity (Wildman–Crippen MR) is 141 cm³/mol. The summed E-state index contributed by atoms with van der Waals surface area (Å²) in [5.74, 6) is 7.20. The lowest BCUT2D eigenvalue weighted by Crippen LogP contribution is -2.35. The van der Waals surface area contributed by atoms with Gasteiger partial charge in [0.25, 0.3) is 0 Å². The zero-order chi connectivity index (χ0) is 23.0. The quantitative estimate of drug-likeness (QED) is 0.278. The molecule has 5 heteroatoms. The van der Waals surface area contributed by atoms with E-state index in [1.54, 1.807) is 22.7 Å². The Hall–Kier alpha value is -2.23. The van der Waals surface area contributed by atoms with Crippen molar-refractivity contribution in [2.45, 2.75) is 38.6 Å². The van der Waals surface area contributed by atoms with Gasteiger partial charge in [-0.05, 0) is 81.9 Å². The van der Waals surface area contributed by atoms with Crippen molar-refractivity contribution in [2.24, 2.45) is 11.8 Å². The van der Waals surface area contributed by atoms with Crippen LogP contribution in [0.15, 0.2) is 54.6 Å². The molecule has 0 amide bonds. The molecule has 2 N–H and O–H groups in total. The summed E-state index contributed by atoms with van der Waals surface area (Å²) in [6, 6.07) is 19.2. The van der Waals surface area contributed by atoms with Crippen LogP contribution >= 0.6 is 22.7 Å². The minimum absolute atomic E-state index is 0.167. The molecule has 2 heterocycles. The molecule has 0 spiro atoms. The first-order valence-electron chi connectivity index (χ1n) is 11.8. The Kier molecular flexibility index (Phi) is 8.52. The maximum Gasteiger partial charge on any atom is 0.175 e. The first-order chi connectivity index (χ1) is 16.2. The van der Waals surface area contributed by atoms with Crippen molar-refractivity contribution >= 4 is 28.5 Å². The van der Waals surface area contributed by atoms with Gasteiger partial charge in [0.15, 0.2) is 5.78 Å². The van der Waals surface area contributed by atoms with Crippen LogP contribution in [0.1, 0.15) is 58.8 Å². The fraction of sp³-hybridized carbons (Fsp3) is 0.393. The number of hydrogen-bond donors (Lipinski definition) is 2. The van der Waals surface area contributed by atoms with Crippen molar-refractivity contribution in [3.05, 3.63) is 69.9 Å². The van der Waals surface area contributed by atoms with Gasteiger partial charge in [-0.3, -0.25) is 4.79 Å². The van der Waals surface area contributed by atoms with Crippen LogP contribution in [-0.2, 0) is 0 Å². The van der Waals surface area contributed by atoms with Gasteiger partial charge in [0.2, 0.25) is 0 Å². The molecule has 172 valence electrons. The number of benzene rings is 1. The van der Waals surface area contributed by atoms with Gasteiger partial charge in [0.05, 0.1) is 9.75 Å². The van der Waals surface area contributed by atoms with Crippen molar-refractivity contribution in [2.75, 3.05) is 20.1 Å². The lowest BCUT2D eigenvalue weighted by molar-refractivity contribution is 0.0875. The van der Waals surface area contributed by atoms with Gasteiger partial charge in [0.1, 0.15) is 0 Å². The Morgan fingerprint density at radius 3 is 2.45 bits per heavy atom. The highest BCUT2D eigenvalue weighted by atomic mass is 32.1. The van der Waals surface area contributed by atoms with Crippen LogP contribution in [0.3, 0.4) is 0 Å². The van der Waals surface area contributed by atoms with E-state index in [0.717, 1.165) is 48.5 Å². The number of rotatable bonds is 9. The van der Waals surface area contributed by atoms with Crippen LogP contribution in [0, 0.1) is 23.7 Å². The molecular weight excluding hydrogens is 444 g/mol. The molecular formula is C28H32N2OS2. The Morgan fingerprint density at radius 1 is 1.00 bits per heavy atom. The predicted octanol–water partition coefficient (Wildman–Crippen LogP) is 6.39. The standard InChI is InChI=1S/C28H32N2OS2/c1-3-7-23-14-15-25(32-23)26-16-17-27(33-26)28(31)22-12-10-20(11-13-22)18-30-24(19-29-2)21-8-5-4-6-9-21/h4-6,8-9,14-17,20,22,24,29-30H,10-13,18-19H2,1-2H3. The highest BCUT2D eigenvalue weighted by Crippen LogP contribution is 2.37. The summed E-state index contributed by atoms with van der Waals surface area (Å²) >= 11 is 3.33. The summed E-state index contributed by atoms with van der Waals surface area (Å²) in [5.41, 5.74) is 1.32. The number of Topliss-reactive ketones (excluding diaryl/α,β-unsaturated/α-hetero) is 1. The summed E-state index contributed by atoms with van der Waals surface area (Å²) in [6.45, 7) is 3.78. The molecule has 1 atom stereocenters. The van der Waals surface area contributed by atoms with E-state index in [1.165, 1.54) is 15.3 Å². The number of carbonyl (C=O) groups is 1. The van der Waals surface area contributed by atoms with Gasteiger partial charge < -0.3 is 10.6 Å². The molecule has 2 aromatic heterocycles. The molecule has 1 aliphatic rings. The molecule has 0 radical (unpaired) electrons. The second kappa shape index (κ2) is 11.8. The maximum absolute atomic E-state index is 13.2. The molecule has 1 saturated carbocycles. The maximum atomic E-state index is 13.2. The van der Waals surface area contributed by atoms with Gasteiger partial charge in [0, 0.05) is 28.3 Å². The van der Waals surface area contributed by atoms with Gasteiger partial charge in [-0.2, -0.15) is 0 Å². The van der Waals surface area contributed by atoms with E-state index in [9.17, 15) is 4.79 Å². The minimum Gasteiger partial charge on any atom is -0.318 e. The summed E-state index contributed by atoms with van der Waals surface area (Å²) in [4.78, 5) is 17.5. The van der Waals surface area contributed by atoms with E-state index in [0.29, 0.717) is 17.7 Å².